The second-order valence-electron chi connectivity index (χ2n) is 7.51. The molecule has 8 heteroatoms. The van der Waals surface area contributed by atoms with Crippen molar-refractivity contribution in [1.29, 1.82) is 0 Å². The van der Waals surface area contributed by atoms with E-state index in [-0.39, 0.29) is 12.0 Å². The van der Waals surface area contributed by atoms with Gasteiger partial charge in [0.05, 0.1) is 31.4 Å². The van der Waals surface area contributed by atoms with E-state index in [2.05, 4.69) is 21.3 Å². The Bertz CT molecular complexity index is 855. The number of alkyl halides is 3. The molecule has 1 unspecified atom stereocenters. The van der Waals surface area contributed by atoms with Crippen molar-refractivity contribution < 1.29 is 17.9 Å². The number of aliphatic imine (C=N–C) groups is 1. The van der Waals surface area contributed by atoms with Gasteiger partial charge in [-0.3, -0.25) is 9.89 Å². The van der Waals surface area contributed by atoms with E-state index in [1.165, 1.54) is 12.1 Å². The third-order valence-corrected chi connectivity index (χ3v) is 5.04. The monoisotopic (exact) mass is 420 g/mol. The fourth-order valence-corrected chi connectivity index (χ4v) is 3.63. The summed E-state index contributed by atoms with van der Waals surface area (Å²) >= 11 is 0. The summed E-state index contributed by atoms with van der Waals surface area (Å²) in [5.74, 6) is 0.269. The van der Waals surface area contributed by atoms with Crippen LogP contribution < -0.4 is 11.1 Å². The van der Waals surface area contributed by atoms with Crippen LogP contribution >= 0.6 is 0 Å². The molecule has 5 nitrogen and oxygen atoms in total. The first kappa shape index (κ1) is 22.1. The number of ether oxygens (including phenoxy) is 1. The number of rotatable bonds is 5. The van der Waals surface area contributed by atoms with E-state index in [1.54, 1.807) is 0 Å². The minimum atomic E-state index is -4.36. The predicted octanol–water partition coefficient (Wildman–Crippen LogP) is 4.12. The zero-order valence-corrected chi connectivity index (χ0v) is 17.2. The largest absolute Gasteiger partial charge is 0.416 e. The molecule has 0 aliphatic carbocycles. The lowest BCUT2D eigenvalue weighted by molar-refractivity contribution is -0.137. The van der Waals surface area contributed by atoms with E-state index < -0.39 is 11.7 Å². The Kier molecular flexibility index (Phi) is 6.99. The SMILES string of the molecule is Cc1cc(C)cc(NC(N)=NCC(c2ccc(C(F)(F)F)cc2)N2CCOCC2)c1. The van der Waals surface area contributed by atoms with Gasteiger partial charge in [0.25, 0.3) is 0 Å². The Morgan fingerprint density at radius 2 is 1.70 bits per heavy atom. The van der Waals surface area contributed by atoms with Gasteiger partial charge < -0.3 is 15.8 Å². The summed E-state index contributed by atoms with van der Waals surface area (Å²) in [7, 11) is 0. The highest BCUT2D eigenvalue weighted by Gasteiger charge is 2.31. The Labute approximate surface area is 174 Å². The zero-order valence-electron chi connectivity index (χ0n) is 17.2. The molecule has 0 radical (unpaired) electrons. The molecule has 2 aromatic rings. The van der Waals surface area contributed by atoms with Crippen molar-refractivity contribution in [2.24, 2.45) is 10.7 Å². The van der Waals surface area contributed by atoms with Crippen LogP contribution in [0.4, 0.5) is 18.9 Å². The fourth-order valence-electron chi connectivity index (χ4n) is 3.63. The van der Waals surface area contributed by atoms with Crippen LogP contribution in [0.1, 0.15) is 28.3 Å². The van der Waals surface area contributed by atoms with Crippen molar-refractivity contribution in [3.63, 3.8) is 0 Å². The van der Waals surface area contributed by atoms with Crippen LogP contribution in [0.2, 0.25) is 0 Å². The number of hydrogen-bond donors (Lipinski definition) is 2. The summed E-state index contributed by atoms with van der Waals surface area (Å²) in [6.07, 6.45) is -4.36. The minimum Gasteiger partial charge on any atom is -0.379 e. The van der Waals surface area contributed by atoms with Gasteiger partial charge in [0.2, 0.25) is 0 Å². The molecule has 1 fully saturated rings. The first-order chi connectivity index (χ1) is 14.2. The number of nitrogens with zero attached hydrogens (tertiary/aromatic N) is 2. The number of morpholine rings is 1. The molecule has 1 aliphatic rings. The van der Waals surface area contributed by atoms with Gasteiger partial charge >= 0.3 is 6.18 Å². The van der Waals surface area contributed by atoms with Crippen molar-refractivity contribution in [3.05, 3.63) is 64.7 Å². The lowest BCUT2D eigenvalue weighted by Crippen LogP contribution is -2.40. The molecular formula is C22H27F3N4O. The highest BCUT2D eigenvalue weighted by atomic mass is 19.4. The molecule has 0 aromatic heterocycles. The molecule has 2 aromatic carbocycles. The number of nitrogens with one attached hydrogen (secondary N) is 1. The maximum atomic E-state index is 12.9. The van der Waals surface area contributed by atoms with Crippen LogP contribution in [0.5, 0.6) is 0 Å². The molecule has 1 atom stereocenters. The summed E-state index contributed by atoms with van der Waals surface area (Å²) in [5.41, 5.74) is 9.28. The molecule has 0 saturated carbocycles. The predicted molar refractivity (Wildman–Crippen MR) is 113 cm³/mol. The van der Waals surface area contributed by atoms with E-state index in [1.807, 2.05) is 26.0 Å². The lowest BCUT2D eigenvalue weighted by Gasteiger charge is -2.34. The van der Waals surface area contributed by atoms with Crippen molar-refractivity contribution in [3.8, 4) is 0 Å². The molecule has 0 amide bonds. The summed E-state index contributed by atoms with van der Waals surface area (Å²) < 4.78 is 44.2. The average Bonchev–Trinajstić information content (AvgIpc) is 2.68. The maximum Gasteiger partial charge on any atom is 0.416 e. The number of aryl methyl sites for hydroxylation is 2. The number of benzene rings is 2. The van der Waals surface area contributed by atoms with Crippen molar-refractivity contribution in [2.45, 2.75) is 26.1 Å². The van der Waals surface area contributed by atoms with Crippen molar-refractivity contribution in [2.75, 3.05) is 38.2 Å². The number of nitrogens with two attached hydrogens (primary N) is 1. The van der Waals surface area contributed by atoms with Crippen LogP contribution in [0.15, 0.2) is 47.5 Å². The third-order valence-electron chi connectivity index (χ3n) is 5.04. The van der Waals surface area contributed by atoms with Gasteiger partial charge in [-0.25, -0.2) is 0 Å². The molecule has 0 spiro atoms. The molecule has 1 aliphatic heterocycles. The third kappa shape index (κ3) is 5.96. The van der Waals surface area contributed by atoms with Gasteiger partial charge in [0.15, 0.2) is 5.96 Å². The highest BCUT2D eigenvalue weighted by molar-refractivity contribution is 5.92. The molecule has 3 N–H and O–H groups in total. The van der Waals surface area contributed by atoms with Gasteiger partial charge in [-0.15, -0.1) is 0 Å². The van der Waals surface area contributed by atoms with Crippen LogP contribution in [0.3, 0.4) is 0 Å². The van der Waals surface area contributed by atoms with E-state index >= 15 is 0 Å². The fraction of sp³-hybridized carbons (Fsp3) is 0.409. The molecule has 1 heterocycles. The van der Waals surface area contributed by atoms with Gasteiger partial charge in [-0.05, 0) is 54.8 Å². The highest BCUT2D eigenvalue weighted by Crippen LogP contribution is 2.31. The Hall–Kier alpha value is -2.58. The topological polar surface area (TPSA) is 62.9 Å². The second kappa shape index (κ2) is 9.49. The van der Waals surface area contributed by atoms with Gasteiger partial charge in [0.1, 0.15) is 0 Å². The standard InChI is InChI=1S/C22H27F3N4O/c1-15-11-16(2)13-19(12-15)28-21(26)27-14-20(29-7-9-30-10-8-29)17-3-5-18(6-4-17)22(23,24)25/h3-6,11-13,20H,7-10,14H2,1-2H3,(H3,26,27,28). The van der Waals surface area contributed by atoms with E-state index in [4.69, 9.17) is 10.5 Å². The molecule has 30 heavy (non-hydrogen) atoms. The van der Waals surface area contributed by atoms with Gasteiger partial charge in [-0.1, -0.05) is 18.2 Å². The average molecular weight is 420 g/mol. The Balaban J connectivity index is 1.77. The first-order valence-electron chi connectivity index (χ1n) is 9.86. The Morgan fingerprint density at radius 1 is 1.10 bits per heavy atom. The molecule has 1 saturated heterocycles. The number of guanidine groups is 1. The van der Waals surface area contributed by atoms with E-state index in [9.17, 15) is 13.2 Å². The molecule has 0 bridgehead atoms. The van der Waals surface area contributed by atoms with Crippen LogP contribution in [-0.4, -0.2) is 43.7 Å². The Morgan fingerprint density at radius 3 is 2.27 bits per heavy atom. The van der Waals surface area contributed by atoms with Crippen LogP contribution in [0.25, 0.3) is 0 Å². The quantitative estimate of drug-likeness (QED) is 0.564. The lowest BCUT2D eigenvalue weighted by atomic mass is 10.0. The maximum absolute atomic E-state index is 12.9. The number of hydrogen-bond acceptors (Lipinski definition) is 3. The normalized spacial score (nSPS) is 17.0. The summed E-state index contributed by atoms with van der Waals surface area (Å²) in [5, 5.41) is 3.10. The van der Waals surface area contributed by atoms with E-state index in [0.29, 0.717) is 32.8 Å². The second-order valence-corrected chi connectivity index (χ2v) is 7.51. The van der Waals surface area contributed by atoms with Crippen LogP contribution in [-0.2, 0) is 10.9 Å². The smallest absolute Gasteiger partial charge is 0.379 e. The number of halogens is 3. The summed E-state index contributed by atoms with van der Waals surface area (Å²) in [6.45, 7) is 6.87. The summed E-state index contributed by atoms with van der Waals surface area (Å²) in [6, 6.07) is 11.1. The molecule has 162 valence electrons. The zero-order chi connectivity index (χ0) is 21.7. The first-order valence-corrected chi connectivity index (χ1v) is 9.86. The summed E-state index contributed by atoms with van der Waals surface area (Å²) in [4.78, 5) is 6.65. The minimum absolute atomic E-state index is 0.184. The van der Waals surface area contributed by atoms with Crippen molar-refractivity contribution >= 4 is 11.6 Å². The van der Waals surface area contributed by atoms with Crippen molar-refractivity contribution in [1.82, 2.24) is 4.90 Å². The number of anilines is 1. The van der Waals surface area contributed by atoms with Gasteiger partial charge in [0, 0.05) is 18.8 Å². The van der Waals surface area contributed by atoms with Crippen LogP contribution in [0, 0.1) is 13.8 Å². The van der Waals surface area contributed by atoms with E-state index in [0.717, 1.165) is 34.5 Å². The molecule has 3 rings (SSSR count). The van der Waals surface area contributed by atoms with Gasteiger partial charge in [-0.2, -0.15) is 13.2 Å². The molecular weight excluding hydrogens is 393 g/mol.